The summed E-state index contributed by atoms with van der Waals surface area (Å²) in [4.78, 5) is 20.1. The molecule has 0 heterocycles. The Morgan fingerprint density at radius 3 is 2.53 bits per heavy atom. The average molecular weight is 217 g/mol. The Balaban J connectivity index is 3.43. The number of rotatable bonds is 2. The molecule has 0 aliphatic heterocycles. The van der Waals surface area contributed by atoms with Crippen molar-refractivity contribution < 1.29 is 18.5 Å². The molecule has 1 aromatic carbocycles. The number of nitro benzene ring substituents is 1. The van der Waals surface area contributed by atoms with Gasteiger partial charge in [0.25, 0.3) is 5.91 Å². The molecule has 3 N–H and O–H groups in total. The number of nitrogens with one attached hydrogen (secondary N) is 1. The quantitative estimate of drug-likeness (QED) is 0.325. The van der Waals surface area contributed by atoms with Crippen molar-refractivity contribution in [3.8, 4) is 0 Å². The molecule has 1 aromatic rings. The van der Waals surface area contributed by atoms with Crippen LogP contribution in [0.15, 0.2) is 12.1 Å². The van der Waals surface area contributed by atoms with E-state index in [2.05, 4.69) is 5.84 Å². The lowest BCUT2D eigenvalue weighted by molar-refractivity contribution is -0.387. The normalized spacial score (nSPS) is 9.80. The number of halogens is 2. The third-order valence-electron chi connectivity index (χ3n) is 1.63. The van der Waals surface area contributed by atoms with E-state index in [1.807, 2.05) is 0 Å². The minimum atomic E-state index is -1.55. The third kappa shape index (κ3) is 1.89. The Kier molecular flexibility index (Phi) is 2.90. The lowest BCUT2D eigenvalue weighted by Crippen LogP contribution is -2.31. The second-order valence-electron chi connectivity index (χ2n) is 2.49. The lowest BCUT2D eigenvalue weighted by atomic mass is 10.1. The van der Waals surface area contributed by atoms with Crippen LogP contribution in [0.4, 0.5) is 14.5 Å². The number of hydrazine groups is 1. The summed E-state index contributed by atoms with van der Waals surface area (Å²) >= 11 is 0. The fourth-order valence-corrected chi connectivity index (χ4v) is 0.963. The van der Waals surface area contributed by atoms with Gasteiger partial charge in [0.1, 0.15) is 11.4 Å². The second-order valence-corrected chi connectivity index (χ2v) is 2.49. The first-order valence-corrected chi connectivity index (χ1v) is 3.62. The van der Waals surface area contributed by atoms with Crippen LogP contribution in [0.1, 0.15) is 10.4 Å². The van der Waals surface area contributed by atoms with Gasteiger partial charge in [0.05, 0.1) is 4.92 Å². The van der Waals surface area contributed by atoms with Gasteiger partial charge in [-0.15, -0.1) is 0 Å². The molecule has 0 aromatic heterocycles. The van der Waals surface area contributed by atoms with Gasteiger partial charge < -0.3 is 0 Å². The lowest BCUT2D eigenvalue weighted by Gasteiger charge is -2.02. The van der Waals surface area contributed by atoms with Gasteiger partial charge >= 0.3 is 5.69 Å². The molecule has 6 nitrogen and oxygen atoms in total. The van der Waals surface area contributed by atoms with Crippen LogP contribution in [0.3, 0.4) is 0 Å². The largest absolute Gasteiger partial charge is 0.305 e. The van der Waals surface area contributed by atoms with E-state index in [0.29, 0.717) is 12.1 Å². The van der Waals surface area contributed by atoms with E-state index < -0.39 is 33.7 Å². The molecule has 0 saturated heterocycles. The summed E-state index contributed by atoms with van der Waals surface area (Å²) in [5.41, 5.74) is -0.580. The Morgan fingerprint density at radius 1 is 1.47 bits per heavy atom. The Morgan fingerprint density at radius 2 is 2.07 bits per heavy atom. The van der Waals surface area contributed by atoms with Gasteiger partial charge in [0.15, 0.2) is 0 Å². The summed E-state index contributed by atoms with van der Waals surface area (Å²) in [7, 11) is 0. The Hall–Kier alpha value is -2.09. The van der Waals surface area contributed by atoms with E-state index in [1.54, 1.807) is 0 Å². The van der Waals surface area contributed by atoms with Crippen LogP contribution in [0.5, 0.6) is 0 Å². The molecule has 0 unspecified atom stereocenters. The molecule has 0 aliphatic rings. The highest BCUT2D eigenvalue weighted by Crippen LogP contribution is 2.22. The van der Waals surface area contributed by atoms with Crippen LogP contribution >= 0.6 is 0 Å². The molecular weight excluding hydrogens is 212 g/mol. The van der Waals surface area contributed by atoms with Gasteiger partial charge in [-0.2, -0.15) is 4.39 Å². The van der Waals surface area contributed by atoms with Crippen molar-refractivity contribution in [2.24, 2.45) is 5.84 Å². The van der Waals surface area contributed by atoms with Crippen molar-refractivity contribution in [2.75, 3.05) is 0 Å². The van der Waals surface area contributed by atoms with Crippen LogP contribution in [0.2, 0.25) is 0 Å². The van der Waals surface area contributed by atoms with Crippen molar-refractivity contribution in [3.05, 3.63) is 39.4 Å². The summed E-state index contributed by atoms with van der Waals surface area (Å²) in [5.74, 6) is 0.621. The number of nitrogens with zero attached hydrogens (tertiary/aromatic N) is 1. The van der Waals surface area contributed by atoms with Crippen LogP contribution in [-0.4, -0.2) is 10.8 Å². The number of carbonyl (C=O) groups excluding carboxylic acids is 1. The predicted octanol–water partition coefficient (Wildman–Crippen LogP) is 0.476. The third-order valence-corrected chi connectivity index (χ3v) is 1.63. The SMILES string of the molecule is NNC(=O)c1c(F)ccc([N+](=O)[O-])c1F. The van der Waals surface area contributed by atoms with Crippen LogP contribution < -0.4 is 11.3 Å². The number of benzene rings is 1. The molecular formula is C7H5F2N3O3. The summed E-state index contributed by atoms with van der Waals surface area (Å²) in [6.07, 6.45) is 0. The number of nitrogens with two attached hydrogens (primary N) is 1. The molecule has 1 amide bonds. The molecule has 0 saturated carbocycles. The highest BCUT2D eigenvalue weighted by molar-refractivity contribution is 5.95. The number of hydrogen-bond donors (Lipinski definition) is 2. The maximum atomic E-state index is 13.2. The molecule has 1 rings (SSSR count). The number of carbonyl (C=O) groups is 1. The molecule has 15 heavy (non-hydrogen) atoms. The fourth-order valence-electron chi connectivity index (χ4n) is 0.963. The molecule has 0 bridgehead atoms. The van der Waals surface area contributed by atoms with Gasteiger partial charge in [0.2, 0.25) is 5.82 Å². The summed E-state index contributed by atoms with van der Waals surface area (Å²) < 4.78 is 26.2. The van der Waals surface area contributed by atoms with E-state index in [4.69, 9.17) is 0 Å². The molecule has 0 spiro atoms. The van der Waals surface area contributed by atoms with Crippen molar-refractivity contribution in [3.63, 3.8) is 0 Å². The standard InChI is InChI=1S/C7H5F2N3O3/c8-3-1-2-4(12(14)15)6(9)5(3)7(13)11-10/h1-2H,10H2,(H,11,13). The zero-order valence-corrected chi connectivity index (χ0v) is 7.16. The number of amides is 1. The summed E-state index contributed by atoms with van der Waals surface area (Å²) in [5, 5.41) is 10.3. The van der Waals surface area contributed by atoms with Gasteiger partial charge in [-0.3, -0.25) is 20.3 Å². The number of hydrogen-bond acceptors (Lipinski definition) is 4. The number of nitro groups is 1. The minimum Gasteiger partial charge on any atom is -0.290 e. The smallest absolute Gasteiger partial charge is 0.290 e. The van der Waals surface area contributed by atoms with E-state index in [9.17, 15) is 23.7 Å². The Labute approximate surface area is 81.8 Å². The minimum absolute atomic E-state index is 0.617. The molecule has 0 aliphatic carbocycles. The zero-order valence-electron chi connectivity index (χ0n) is 7.16. The molecule has 0 radical (unpaired) electrons. The molecule has 80 valence electrons. The van der Waals surface area contributed by atoms with E-state index in [-0.39, 0.29) is 0 Å². The van der Waals surface area contributed by atoms with E-state index in [1.165, 1.54) is 5.43 Å². The van der Waals surface area contributed by atoms with Crippen molar-refractivity contribution >= 4 is 11.6 Å². The van der Waals surface area contributed by atoms with Crippen molar-refractivity contribution in [2.45, 2.75) is 0 Å². The summed E-state index contributed by atoms with van der Waals surface area (Å²) in [6, 6.07) is 1.24. The first-order chi connectivity index (χ1) is 6.99. The number of nitrogen functional groups attached to an aromatic ring is 1. The average Bonchev–Trinajstić information content (AvgIpc) is 2.16. The topological polar surface area (TPSA) is 98.3 Å². The maximum Gasteiger partial charge on any atom is 0.305 e. The van der Waals surface area contributed by atoms with Crippen molar-refractivity contribution in [1.82, 2.24) is 5.43 Å². The summed E-state index contributed by atoms with van der Waals surface area (Å²) in [6.45, 7) is 0. The van der Waals surface area contributed by atoms with Crippen LogP contribution in [-0.2, 0) is 0 Å². The second kappa shape index (κ2) is 3.96. The van der Waals surface area contributed by atoms with Crippen LogP contribution in [0, 0.1) is 21.7 Å². The highest BCUT2D eigenvalue weighted by atomic mass is 19.1. The maximum absolute atomic E-state index is 13.2. The fraction of sp³-hybridized carbons (Fsp3) is 0. The van der Waals surface area contributed by atoms with Gasteiger partial charge in [-0.05, 0) is 6.07 Å². The van der Waals surface area contributed by atoms with Gasteiger partial charge in [-0.1, -0.05) is 0 Å². The van der Waals surface area contributed by atoms with Crippen molar-refractivity contribution in [1.29, 1.82) is 0 Å². The van der Waals surface area contributed by atoms with E-state index in [0.717, 1.165) is 0 Å². The van der Waals surface area contributed by atoms with Crippen LogP contribution in [0.25, 0.3) is 0 Å². The first kappa shape index (κ1) is 11.0. The first-order valence-electron chi connectivity index (χ1n) is 3.62. The molecule has 0 fully saturated rings. The molecule has 0 atom stereocenters. The highest BCUT2D eigenvalue weighted by Gasteiger charge is 2.25. The Bertz CT molecular complexity index is 436. The van der Waals surface area contributed by atoms with Gasteiger partial charge in [-0.25, -0.2) is 10.2 Å². The molecule has 8 heteroatoms. The van der Waals surface area contributed by atoms with E-state index >= 15 is 0 Å². The monoisotopic (exact) mass is 217 g/mol. The predicted molar refractivity (Wildman–Crippen MR) is 44.7 cm³/mol. The van der Waals surface area contributed by atoms with Gasteiger partial charge in [0, 0.05) is 6.07 Å². The zero-order chi connectivity index (χ0) is 11.6.